The van der Waals surface area contributed by atoms with Crippen molar-refractivity contribution in [1.82, 2.24) is 15.5 Å². The van der Waals surface area contributed by atoms with Crippen molar-refractivity contribution in [3.8, 4) is 0 Å². The van der Waals surface area contributed by atoms with Gasteiger partial charge in [-0.25, -0.2) is 4.39 Å². The second kappa shape index (κ2) is 11.4. The van der Waals surface area contributed by atoms with E-state index in [2.05, 4.69) is 52.1 Å². The SMILES string of the molecule is CN=C(NCCc1ccccc1F)NCC(c1cccs1)N(C)C.I. The van der Waals surface area contributed by atoms with Gasteiger partial charge in [0.1, 0.15) is 5.82 Å². The van der Waals surface area contributed by atoms with Crippen LogP contribution in [0.4, 0.5) is 4.39 Å². The molecule has 0 aliphatic heterocycles. The highest BCUT2D eigenvalue weighted by atomic mass is 127. The Bertz CT molecular complexity index is 646. The van der Waals surface area contributed by atoms with Gasteiger partial charge in [0.2, 0.25) is 0 Å². The molecule has 0 amide bonds. The Morgan fingerprint density at radius 3 is 2.56 bits per heavy atom. The van der Waals surface area contributed by atoms with E-state index in [1.807, 2.05) is 12.1 Å². The van der Waals surface area contributed by atoms with Gasteiger partial charge < -0.3 is 15.5 Å². The Labute approximate surface area is 170 Å². The zero-order valence-electron chi connectivity index (χ0n) is 14.8. The maximum Gasteiger partial charge on any atom is 0.191 e. The zero-order chi connectivity index (χ0) is 17.4. The summed E-state index contributed by atoms with van der Waals surface area (Å²) in [6.07, 6.45) is 0.620. The highest BCUT2D eigenvalue weighted by molar-refractivity contribution is 14.0. The van der Waals surface area contributed by atoms with Crippen LogP contribution in [0.25, 0.3) is 0 Å². The molecule has 25 heavy (non-hydrogen) atoms. The molecule has 2 rings (SSSR count). The molecule has 0 saturated heterocycles. The van der Waals surface area contributed by atoms with Crippen molar-refractivity contribution in [2.75, 3.05) is 34.2 Å². The predicted molar refractivity (Wildman–Crippen MR) is 116 cm³/mol. The summed E-state index contributed by atoms with van der Waals surface area (Å²) in [4.78, 5) is 7.74. The van der Waals surface area contributed by atoms with Crippen LogP contribution in [-0.2, 0) is 6.42 Å². The summed E-state index contributed by atoms with van der Waals surface area (Å²) in [6, 6.07) is 11.4. The highest BCUT2D eigenvalue weighted by Crippen LogP contribution is 2.22. The smallest absolute Gasteiger partial charge is 0.191 e. The second-order valence-electron chi connectivity index (χ2n) is 5.72. The van der Waals surface area contributed by atoms with Crippen LogP contribution in [0.3, 0.4) is 0 Å². The summed E-state index contributed by atoms with van der Waals surface area (Å²) in [5, 5.41) is 8.68. The molecule has 0 fully saturated rings. The number of guanidine groups is 1. The first-order valence-electron chi connectivity index (χ1n) is 7.99. The standard InChI is InChI=1S/C18H25FN4S.HI/c1-20-18(21-11-10-14-7-4-5-8-15(14)19)22-13-16(23(2)3)17-9-6-12-24-17;/h4-9,12,16H,10-11,13H2,1-3H3,(H2,20,21,22);1H. The minimum absolute atomic E-state index is 0. The van der Waals surface area contributed by atoms with Crippen molar-refractivity contribution < 1.29 is 4.39 Å². The number of hydrogen-bond acceptors (Lipinski definition) is 3. The molecule has 1 atom stereocenters. The van der Waals surface area contributed by atoms with Crippen LogP contribution in [-0.4, -0.2) is 45.1 Å². The lowest BCUT2D eigenvalue weighted by atomic mass is 10.1. The van der Waals surface area contributed by atoms with Crippen molar-refractivity contribution >= 4 is 41.3 Å². The van der Waals surface area contributed by atoms with Gasteiger partial charge in [-0.1, -0.05) is 24.3 Å². The fourth-order valence-corrected chi connectivity index (χ4v) is 3.37. The Hall–Kier alpha value is -1.19. The lowest BCUT2D eigenvalue weighted by Crippen LogP contribution is -2.42. The van der Waals surface area contributed by atoms with E-state index in [1.165, 1.54) is 10.9 Å². The second-order valence-corrected chi connectivity index (χ2v) is 6.70. The number of halogens is 2. The minimum atomic E-state index is -0.160. The van der Waals surface area contributed by atoms with Crippen LogP contribution in [0.5, 0.6) is 0 Å². The van der Waals surface area contributed by atoms with Gasteiger partial charge in [0.15, 0.2) is 5.96 Å². The minimum Gasteiger partial charge on any atom is -0.356 e. The van der Waals surface area contributed by atoms with Crippen LogP contribution in [0.15, 0.2) is 46.8 Å². The number of nitrogens with zero attached hydrogens (tertiary/aromatic N) is 2. The van der Waals surface area contributed by atoms with Gasteiger partial charge >= 0.3 is 0 Å². The number of thiophene rings is 1. The van der Waals surface area contributed by atoms with E-state index < -0.39 is 0 Å². The Kier molecular flexibility index (Phi) is 9.99. The molecule has 1 heterocycles. The lowest BCUT2D eigenvalue weighted by Gasteiger charge is -2.24. The summed E-state index contributed by atoms with van der Waals surface area (Å²) < 4.78 is 13.6. The number of aliphatic imine (C=N–C) groups is 1. The molecule has 2 aromatic rings. The third kappa shape index (κ3) is 6.91. The molecule has 1 unspecified atom stereocenters. The van der Waals surface area contributed by atoms with Crippen molar-refractivity contribution in [2.45, 2.75) is 12.5 Å². The molecule has 0 saturated carbocycles. The van der Waals surface area contributed by atoms with Crippen LogP contribution in [0.1, 0.15) is 16.5 Å². The molecule has 0 bridgehead atoms. The van der Waals surface area contributed by atoms with Crippen LogP contribution in [0.2, 0.25) is 0 Å². The molecule has 0 aliphatic rings. The first-order valence-corrected chi connectivity index (χ1v) is 8.87. The first-order chi connectivity index (χ1) is 11.6. The summed E-state index contributed by atoms with van der Waals surface area (Å²) in [7, 11) is 5.88. The van der Waals surface area contributed by atoms with Crippen molar-refractivity contribution in [2.24, 2.45) is 4.99 Å². The molecule has 0 radical (unpaired) electrons. The quantitative estimate of drug-likeness (QED) is 0.365. The zero-order valence-corrected chi connectivity index (χ0v) is 18.0. The third-order valence-corrected chi connectivity index (χ3v) is 4.80. The van der Waals surface area contributed by atoms with Gasteiger partial charge in [-0.15, -0.1) is 35.3 Å². The molecule has 4 nitrogen and oxygen atoms in total. The molecule has 1 aromatic carbocycles. The summed E-state index contributed by atoms with van der Waals surface area (Å²) >= 11 is 1.75. The van der Waals surface area contributed by atoms with E-state index in [4.69, 9.17) is 0 Å². The van der Waals surface area contributed by atoms with Gasteiger partial charge in [-0.2, -0.15) is 0 Å². The van der Waals surface area contributed by atoms with Crippen molar-refractivity contribution in [3.63, 3.8) is 0 Å². The highest BCUT2D eigenvalue weighted by Gasteiger charge is 2.15. The molecule has 7 heteroatoms. The van der Waals surface area contributed by atoms with Crippen LogP contribution < -0.4 is 10.6 Å². The van der Waals surface area contributed by atoms with Crippen LogP contribution >= 0.6 is 35.3 Å². The monoisotopic (exact) mass is 476 g/mol. The molecule has 138 valence electrons. The topological polar surface area (TPSA) is 39.7 Å². The molecular formula is C18H26FIN4S. The van der Waals surface area contributed by atoms with Gasteiger partial charge in [-0.3, -0.25) is 4.99 Å². The first kappa shape index (κ1) is 21.9. The van der Waals surface area contributed by atoms with E-state index in [0.29, 0.717) is 18.5 Å². The third-order valence-electron chi connectivity index (χ3n) is 3.83. The van der Waals surface area contributed by atoms with Gasteiger partial charge in [0.25, 0.3) is 0 Å². The number of hydrogen-bond donors (Lipinski definition) is 2. The summed E-state index contributed by atoms with van der Waals surface area (Å²) in [5.74, 6) is 0.572. The Morgan fingerprint density at radius 2 is 1.96 bits per heavy atom. The van der Waals surface area contributed by atoms with Crippen molar-refractivity contribution in [3.05, 3.63) is 58.0 Å². The molecule has 1 aromatic heterocycles. The van der Waals surface area contributed by atoms with Crippen molar-refractivity contribution in [1.29, 1.82) is 0 Å². The van der Waals surface area contributed by atoms with E-state index in [-0.39, 0.29) is 35.8 Å². The lowest BCUT2D eigenvalue weighted by molar-refractivity contribution is 0.302. The van der Waals surface area contributed by atoms with E-state index in [0.717, 1.165) is 12.5 Å². The number of benzene rings is 1. The number of nitrogens with one attached hydrogen (secondary N) is 2. The molecular weight excluding hydrogens is 450 g/mol. The number of rotatable bonds is 7. The van der Waals surface area contributed by atoms with Gasteiger partial charge in [0.05, 0.1) is 6.04 Å². The predicted octanol–water partition coefficient (Wildman–Crippen LogP) is 3.52. The Balaban J connectivity index is 0.00000312. The maximum absolute atomic E-state index is 13.6. The average Bonchev–Trinajstić information content (AvgIpc) is 3.09. The van der Waals surface area contributed by atoms with E-state index in [1.54, 1.807) is 24.5 Å². The molecule has 2 N–H and O–H groups in total. The van der Waals surface area contributed by atoms with Gasteiger partial charge in [0, 0.05) is 25.0 Å². The fraction of sp³-hybridized carbons (Fsp3) is 0.389. The molecule has 0 spiro atoms. The molecule has 0 aliphatic carbocycles. The summed E-state index contributed by atoms with van der Waals surface area (Å²) in [5.41, 5.74) is 0.713. The normalized spacial score (nSPS) is 12.6. The average molecular weight is 476 g/mol. The Morgan fingerprint density at radius 1 is 1.20 bits per heavy atom. The van der Waals surface area contributed by atoms with E-state index >= 15 is 0 Å². The largest absolute Gasteiger partial charge is 0.356 e. The maximum atomic E-state index is 13.6. The number of likely N-dealkylation sites (N-methyl/N-ethyl adjacent to an activating group) is 1. The summed E-state index contributed by atoms with van der Waals surface area (Å²) in [6.45, 7) is 1.39. The van der Waals surface area contributed by atoms with Crippen LogP contribution in [0, 0.1) is 5.82 Å². The fourth-order valence-electron chi connectivity index (χ4n) is 2.45. The van der Waals surface area contributed by atoms with Gasteiger partial charge in [-0.05, 0) is 43.6 Å². The van der Waals surface area contributed by atoms with E-state index in [9.17, 15) is 4.39 Å².